The highest BCUT2D eigenvalue weighted by atomic mass is 31.2. The molecule has 1 unspecified atom stereocenters. The van der Waals surface area contributed by atoms with Gasteiger partial charge in [0, 0.05) is 12.6 Å². The summed E-state index contributed by atoms with van der Waals surface area (Å²) in [5.74, 6) is 0.187. The second-order valence-corrected chi connectivity index (χ2v) is 6.18. The van der Waals surface area contributed by atoms with E-state index in [1.54, 1.807) is 6.66 Å². The molecule has 0 spiro atoms. The van der Waals surface area contributed by atoms with Crippen molar-refractivity contribution in [2.24, 2.45) is 0 Å². The van der Waals surface area contributed by atoms with Crippen LogP contribution in [0.2, 0.25) is 0 Å². The summed E-state index contributed by atoms with van der Waals surface area (Å²) in [6.07, 6.45) is 2.62. The van der Waals surface area contributed by atoms with Gasteiger partial charge in [0.05, 0.1) is 13.3 Å². The molecule has 9 heavy (non-hydrogen) atoms. The first-order chi connectivity index (χ1) is 4.10. The van der Waals surface area contributed by atoms with Crippen molar-refractivity contribution in [3.8, 4) is 0 Å². The first-order valence-corrected chi connectivity index (χ1v) is 5.70. The second-order valence-electron chi connectivity index (χ2n) is 2.82. The highest BCUT2D eigenvalue weighted by Crippen LogP contribution is 2.44. The van der Waals surface area contributed by atoms with Crippen molar-refractivity contribution >= 4 is 12.9 Å². The molecule has 1 fully saturated rings. The molecule has 0 aromatic heterocycles. The van der Waals surface area contributed by atoms with Crippen molar-refractivity contribution in [2.75, 3.05) is 19.0 Å². The summed E-state index contributed by atoms with van der Waals surface area (Å²) in [7, 11) is -1.99. The number of ketones is 1. The highest BCUT2D eigenvalue weighted by Gasteiger charge is 2.24. The Bertz CT molecular complexity index is 174. The minimum atomic E-state index is -1.99. The summed E-state index contributed by atoms with van der Waals surface area (Å²) in [5.41, 5.74) is 0. The maximum atomic E-state index is 11.2. The van der Waals surface area contributed by atoms with Gasteiger partial charge in [0.1, 0.15) is 5.78 Å². The van der Waals surface area contributed by atoms with Crippen molar-refractivity contribution in [3.63, 3.8) is 0 Å². The zero-order valence-electron chi connectivity index (χ0n) is 5.59. The van der Waals surface area contributed by atoms with Gasteiger partial charge in [0.25, 0.3) is 0 Å². The summed E-state index contributed by atoms with van der Waals surface area (Å²) in [6.45, 7) is 1.73. The number of rotatable bonds is 0. The largest absolute Gasteiger partial charge is 0.323 e. The topological polar surface area (TPSA) is 34.1 Å². The highest BCUT2D eigenvalue weighted by molar-refractivity contribution is 7.64. The monoisotopic (exact) mass is 146 g/mol. The third-order valence-corrected chi connectivity index (χ3v) is 3.88. The molecule has 1 aliphatic rings. The van der Waals surface area contributed by atoms with Crippen LogP contribution >= 0.6 is 7.14 Å². The fraction of sp³-hybridized carbons (Fsp3) is 0.833. The lowest BCUT2D eigenvalue weighted by atomic mass is 10.2. The maximum Gasteiger partial charge on any atom is 0.140 e. The number of carbonyl (C=O) groups excluding carboxylic acids is 1. The summed E-state index contributed by atoms with van der Waals surface area (Å²) in [4.78, 5) is 10.7. The number of carbonyl (C=O) groups is 1. The predicted molar refractivity (Wildman–Crippen MR) is 37.5 cm³/mol. The van der Waals surface area contributed by atoms with Gasteiger partial charge in [-0.25, -0.2) is 0 Å². The van der Waals surface area contributed by atoms with Crippen molar-refractivity contribution in [2.45, 2.75) is 12.8 Å². The molecule has 52 valence electrons. The minimum absolute atomic E-state index is 0.187. The van der Waals surface area contributed by atoms with E-state index in [2.05, 4.69) is 0 Å². The lowest BCUT2D eigenvalue weighted by Gasteiger charge is -2.16. The summed E-state index contributed by atoms with van der Waals surface area (Å²) in [6, 6.07) is 0. The van der Waals surface area contributed by atoms with Crippen LogP contribution in [-0.4, -0.2) is 24.8 Å². The molecule has 0 saturated carbocycles. The molecule has 0 bridgehead atoms. The van der Waals surface area contributed by atoms with Gasteiger partial charge in [-0.3, -0.25) is 4.79 Å². The van der Waals surface area contributed by atoms with Crippen LogP contribution in [0.5, 0.6) is 0 Å². The Labute approximate surface area is 55.0 Å². The fourth-order valence-corrected chi connectivity index (χ4v) is 3.03. The molecule has 1 saturated heterocycles. The quantitative estimate of drug-likeness (QED) is 0.483. The number of hydrogen-bond donors (Lipinski definition) is 0. The van der Waals surface area contributed by atoms with E-state index >= 15 is 0 Å². The molecule has 0 aromatic carbocycles. The van der Waals surface area contributed by atoms with E-state index in [4.69, 9.17) is 0 Å². The van der Waals surface area contributed by atoms with Crippen LogP contribution < -0.4 is 0 Å². The number of hydrogen-bond acceptors (Lipinski definition) is 2. The van der Waals surface area contributed by atoms with E-state index in [1.165, 1.54) is 0 Å². The van der Waals surface area contributed by atoms with Gasteiger partial charge in [-0.1, -0.05) is 0 Å². The van der Waals surface area contributed by atoms with Gasteiger partial charge in [-0.2, -0.15) is 0 Å². The molecule has 0 amide bonds. The molecule has 1 heterocycles. The summed E-state index contributed by atoms with van der Waals surface area (Å²) >= 11 is 0. The van der Waals surface area contributed by atoms with Gasteiger partial charge in [0.2, 0.25) is 0 Å². The molecule has 2 nitrogen and oxygen atoms in total. The molecular weight excluding hydrogens is 135 g/mol. The standard InChI is InChI=1S/C6H11O2P/c1-9(8)4-2-3-6(7)5-9/h2-5H2,1H3. The Morgan fingerprint density at radius 2 is 2.22 bits per heavy atom. The van der Waals surface area contributed by atoms with E-state index in [-0.39, 0.29) is 5.78 Å². The molecule has 1 rings (SSSR count). The lowest BCUT2D eigenvalue weighted by Crippen LogP contribution is -2.13. The van der Waals surface area contributed by atoms with E-state index in [1.807, 2.05) is 0 Å². The fourth-order valence-electron chi connectivity index (χ4n) is 1.14. The SMILES string of the molecule is CP1(=O)CCCC(=O)C1. The average molecular weight is 146 g/mol. The Morgan fingerprint density at radius 3 is 2.56 bits per heavy atom. The first-order valence-electron chi connectivity index (χ1n) is 3.17. The van der Waals surface area contributed by atoms with Gasteiger partial charge < -0.3 is 4.57 Å². The van der Waals surface area contributed by atoms with Crippen LogP contribution in [0.4, 0.5) is 0 Å². The molecule has 3 heteroatoms. The van der Waals surface area contributed by atoms with Crippen molar-refractivity contribution in [3.05, 3.63) is 0 Å². The van der Waals surface area contributed by atoms with Crippen LogP contribution in [0.15, 0.2) is 0 Å². The van der Waals surface area contributed by atoms with E-state index < -0.39 is 7.14 Å². The van der Waals surface area contributed by atoms with E-state index in [9.17, 15) is 9.36 Å². The Balaban J connectivity index is 2.62. The zero-order valence-corrected chi connectivity index (χ0v) is 6.49. The third-order valence-electron chi connectivity index (χ3n) is 1.60. The molecule has 1 atom stereocenters. The molecular formula is C6H11O2P. The zero-order chi connectivity index (χ0) is 6.91. The molecule has 1 aliphatic heterocycles. The molecule has 0 radical (unpaired) electrons. The lowest BCUT2D eigenvalue weighted by molar-refractivity contribution is -0.116. The summed E-state index contributed by atoms with van der Waals surface area (Å²) < 4.78 is 11.2. The third kappa shape index (κ3) is 1.94. The van der Waals surface area contributed by atoms with Crippen molar-refractivity contribution in [1.82, 2.24) is 0 Å². The van der Waals surface area contributed by atoms with Gasteiger partial charge in [0.15, 0.2) is 0 Å². The van der Waals surface area contributed by atoms with Gasteiger partial charge >= 0.3 is 0 Å². The Morgan fingerprint density at radius 1 is 1.56 bits per heavy atom. The van der Waals surface area contributed by atoms with Crippen LogP contribution in [0.3, 0.4) is 0 Å². The Kier molecular flexibility index (Phi) is 1.76. The molecule has 0 N–H and O–H groups in total. The maximum absolute atomic E-state index is 11.2. The minimum Gasteiger partial charge on any atom is -0.323 e. The van der Waals surface area contributed by atoms with Crippen molar-refractivity contribution < 1.29 is 9.36 Å². The van der Waals surface area contributed by atoms with Crippen molar-refractivity contribution in [1.29, 1.82) is 0 Å². The average Bonchev–Trinajstić information content (AvgIpc) is 1.60. The van der Waals surface area contributed by atoms with E-state index in [0.29, 0.717) is 12.6 Å². The van der Waals surface area contributed by atoms with Crippen LogP contribution in [0.1, 0.15) is 12.8 Å². The Hall–Kier alpha value is -0.100. The second kappa shape index (κ2) is 2.26. The predicted octanol–water partition coefficient (Wildman–Crippen LogP) is 1.34. The smallest absolute Gasteiger partial charge is 0.140 e. The van der Waals surface area contributed by atoms with Crippen LogP contribution in [0, 0.1) is 0 Å². The van der Waals surface area contributed by atoms with Crippen LogP contribution in [0.25, 0.3) is 0 Å². The number of Topliss-reactive ketones (excluding diaryl/α,β-unsaturated/α-hetero) is 1. The van der Waals surface area contributed by atoms with E-state index in [0.717, 1.165) is 12.6 Å². The molecule has 0 aliphatic carbocycles. The molecule has 0 aromatic rings. The first kappa shape index (κ1) is 7.01. The van der Waals surface area contributed by atoms with Gasteiger partial charge in [-0.05, 0) is 13.1 Å². The summed E-state index contributed by atoms with van der Waals surface area (Å²) in [5, 5.41) is 0. The normalized spacial score (nSPS) is 36.8. The van der Waals surface area contributed by atoms with Gasteiger partial charge in [-0.15, -0.1) is 0 Å². The van der Waals surface area contributed by atoms with Crippen LogP contribution in [-0.2, 0) is 9.36 Å².